The molecule has 2 nitrogen and oxygen atoms in total. The zero-order chi connectivity index (χ0) is 12.5. The van der Waals surface area contributed by atoms with Crippen LogP contribution in [-0.2, 0) is 15.8 Å². The van der Waals surface area contributed by atoms with E-state index in [1.807, 2.05) is 6.92 Å². The van der Waals surface area contributed by atoms with Crippen LogP contribution < -0.4 is 5.73 Å². The summed E-state index contributed by atoms with van der Waals surface area (Å²) in [7, 11) is 0. The molecule has 1 aliphatic rings. The second kappa shape index (κ2) is 4.43. The van der Waals surface area contributed by atoms with Gasteiger partial charge in [-0.05, 0) is 36.3 Å². The van der Waals surface area contributed by atoms with Crippen LogP contribution in [0.2, 0.25) is 0 Å². The third-order valence-electron chi connectivity index (χ3n) is 4.05. The van der Waals surface area contributed by atoms with E-state index in [2.05, 4.69) is 38.1 Å². The highest BCUT2D eigenvalue weighted by Crippen LogP contribution is 2.45. The maximum Gasteiger partial charge on any atom is 0.106 e. The first-order chi connectivity index (χ1) is 8.06. The maximum absolute atomic E-state index is 6.01. The van der Waals surface area contributed by atoms with Gasteiger partial charge >= 0.3 is 0 Å². The van der Waals surface area contributed by atoms with Gasteiger partial charge in [-0.2, -0.15) is 0 Å². The van der Waals surface area contributed by atoms with Gasteiger partial charge < -0.3 is 10.5 Å². The van der Waals surface area contributed by atoms with E-state index in [1.165, 1.54) is 11.1 Å². The molecule has 94 valence electrons. The van der Waals surface area contributed by atoms with Crippen molar-refractivity contribution < 1.29 is 4.74 Å². The fourth-order valence-corrected chi connectivity index (χ4v) is 2.95. The molecule has 1 unspecified atom stereocenters. The summed E-state index contributed by atoms with van der Waals surface area (Å²) in [6.07, 6.45) is 2.14. The highest BCUT2D eigenvalue weighted by Gasteiger charge is 2.42. The standard InChI is InChI=1S/C15H23NO/c1-4-17-15(11-16)10-9-14(2,3)12-7-5-6-8-13(12)15/h5-8H,4,9-11,16H2,1-3H3. The lowest BCUT2D eigenvalue weighted by atomic mass is 9.67. The zero-order valence-corrected chi connectivity index (χ0v) is 11.1. The Kier molecular flexibility index (Phi) is 3.28. The normalized spacial score (nSPS) is 26.6. The topological polar surface area (TPSA) is 35.2 Å². The Hall–Kier alpha value is -0.860. The quantitative estimate of drug-likeness (QED) is 0.871. The van der Waals surface area contributed by atoms with E-state index in [0.29, 0.717) is 13.2 Å². The molecule has 0 saturated heterocycles. The van der Waals surface area contributed by atoms with Gasteiger partial charge in [-0.1, -0.05) is 38.1 Å². The van der Waals surface area contributed by atoms with Crippen LogP contribution in [0, 0.1) is 0 Å². The molecule has 1 atom stereocenters. The fraction of sp³-hybridized carbons (Fsp3) is 0.600. The van der Waals surface area contributed by atoms with Crippen LogP contribution in [0.5, 0.6) is 0 Å². The van der Waals surface area contributed by atoms with E-state index in [9.17, 15) is 0 Å². The smallest absolute Gasteiger partial charge is 0.106 e. The predicted molar refractivity (Wildman–Crippen MR) is 71.1 cm³/mol. The van der Waals surface area contributed by atoms with E-state index in [1.54, 1.807) is 0 Å². The molecule has 1 aromatic carbocycles. The number of rotatable bonds is 3. The van der Waals surface area contributed by atoms with Gasteiger partial charge in [-0.3, -0.25) is 0 Å². The van der Waals surface area contributed by atoms with Gasteiger partial charge in [0.2, 0.25) is 0 Å². The average molecular weight is 233 g/mol. The van der Waals surface area contributed by atoms with Crippen LogP contribution in [0.15, 0.2) is 24.3 Å². The predicted octanol–water partition coefficient (Wildman–Crippen LogP) is 2.95. The van der Waals surface area contributed by atoms with Crippen LogP contribution in [0.25, 0.3) is 0 Å². The second-order valence-electron chi connectivity index (χ2n) is 5.56. The molecule has 1 aromatic rings. The summed E-state index contributed by atoms with van der Waals surface area (Å²) < 4.78 is 6.01. The highest BCUT2D eigenvalue weighted by molar-refractivity contribution is 5.40. The van der Waals surface area contributed by atoms with Crippen molar-refractivity contribution >= 4 is 0 Å². The average Bonchev–Trinajstić information content (AvgIpc) is 2.34. The zero-order valence-electron chi connectivity index (χ0n) is 11.1. The van der Waals surface area contributed by atoms with E-state index in [-0.39, 0.29) is 11.0 Å². The van der Waals surface area contributed by atoms with Crippen LogP contribution in [0.3, 0.4) is 0 Å². The molecular weight excluding hydrogens is 210 g/mol. The largest absolute Gasteiger partial charge is 0.369 e. The number of hydrogen-bond acceptors (Lipinski definition) is 2. The van der Waals surface area contributed by atoms with Gasteiger partial charge in [-0.25, -0.2) is 0 Å². The second-order valence-corrected chi connectivity index (χ2v) is 5.56. The Balaban J connectivity index is 2.54. The highest BCUT2D eigenvalue weighted by atomic mass is 16.5. The Morgan fingerprint density at radius 3 is 2.41 bits per heavy atom. The van der Waals surface area contributed by atoms with Gasteiger partial charge in [0.25, 0.3) is 0 Å². The number of fused-ring (bicyclic) bond motifs is 1. The molecule has 0 fully saturated rings. The Labute approximate surface area is 104 Å². The monoisotopic (exact) mass is 233 g/mol. The van der Waals surface area contributed by atoms with Gasteiger partial charge in [0.05, 0.1) is 0 Å². The van der Waals surface area contributed by atoms with E-state index < -0.39 is 0 Å². The van der Waals surface area contributed by atoms with Crippen molar-refractivity contribution in [2.75, 3.05) is 13.2 Å². The molecule has 0 saturated carbocycles. The van der Waals surface area contributed by atoms with Gasteiger partial charge in [-0.15, -0.1) is 0 Å². The molecular formula is C15H23NO. The summed E-state index contributed by atoms with van der Waals surface area (Å²) in [5.74, 6) is 0. The third kappa shape index (κ3) is 2.00. The SMILES string of the molecule is CCOC1(CN)CCC(C)(C)c2ccccc21. The number of ether oxygens (including phenoxy) is 1. The molecule has 0 aromatic heterocycles. The molecule has 0 aliphatic heterocycles. The third-order valence-corrected chi connectivity index (χ3v) is 4.05. The van der Waals surface area contributed by atoms with E-state index >= 15 is 0 Å². The van der Waals surface area contributed by atoms with Crippen molar-refractivity contribution in [2.45, 2.75) is 44.6 Å². The summed E-state index contributed by atoms with van der Waals surface area (Å²) in [4.78, 5) is 0. The molecule has 2 rings (SSSR count). The van der Waals surface area contributed by atoms with Crippen molar-refractivity contribution in [3.8, 4) is 0 Å². The van der Waals surface area contributed by atoms with Gasteiger partial charge in [0, 0.05) is 13.2 Å². The van der Waals surface area contributed by atoms with Gasteiger partial charge in [0.15, 0.2) is 0 Å². The van der Waals surface area contributed by atoms with Crippen LogP contribution in [0.4, 0.5) is 0 Å². The fourth-order valence-electron chi connectivity index (χ4n) is 2.95. The minimum atomic E-state index is -0.263. The summed E-state index contributed by atoms with van der Waals surface area (Å²) in [6.45, 7) is 7.93. The Bertz CT molecular complexity index is 400. The molecule has 17 heavy (non-hydrogen) atoms. The molecule has 2 N–H and O–H groups in total. The van der Waals surface area contributed by atoms with Gasteiger partial charge in [0.1, 0.15) is 5.60 Å². The Morgan fingerprint density at radius 2 is 1.82 bits per heavy atom. The first kappa shape index (κ1) is 12.6. The number of hydrogen-bond donors (Lipinski definition) is 1. The van der Waals surface area contributed by atoms with Crippen LogP contribution in [-0.4, -0.2) is 13.2 Å². The number of nitrogens with two attached hydrogens (primary N) is 1. The van der Waals surface area contributed by atoms with Crippen molar-refractivity contribution in [1.82, 2.24) is 0 Å². The molecule has 0 heterocycles. The summed E-state index contributed by atoms with van der Waals surface area (Å²) >= 11 is 0. The minimum Gasteiger partial charge on any atom is -0.369 e. The number of benzene rings is 1. The molecule has 0 radical (unpaired) electrons. The summed E-state index contributed by atoms with van der Waals surface area (Å²) in [5, 5.41) is 0. The van der Waals surface area contributed by atoms with Crippen molar-refractivity contribution in [3.05, 3.63) is 35.4 Å². The Morgan fingerprint density at radius 1 is 1.18 bits per heavy atom. The molecule has 1 aliphatic carbocycles. The summed E-state index contributed by atoms with van der Waals surface area (Å²) in [6, 6.07) is 8.60. The van der Waals surface area contributed by atoms with Crippen molar-refractivity contribution in [2.24, 2.45) is 5.73 Å². The summed E-state index contributed by atoms with van der Waals surface area (Å²) in [5.41, 5.74) is 8.65. The molecule has 2 heteroatoms. The first-order valence-corrected chi connectivity index (χ1v) is 6.50. The first-order valence-electron chi connectivity index (χ1n) is 6.50. The lowest BCUT2D eigenvalue weighted by Gasteiger charge is -2.44. The lowest BCUT2D eigenvalue weighted by Crippen LogP contribution is -2.44. The molecule has 0 amide bonds. The maximum atomic E-state index is 6.01. The van der Waals surface area contributed by atoms with Crippen LogP contribution >= 0.6 is 0 Å². The van der Waals surface area contributed by atoms with E-state index in [4.69, 9.17) is 10.5 Å². The van der Waals surface area contributed by atoms with Crippen LogP contribution in [0.1, 0.15) is 44.7 Å². The van der Waals surface area contributed by atoms with Crippen molar-refractivity contribution in [1.29, 1.82) is 0 Å². The molecule has 0 bridgehead atoms. The minimum absolute atomic E-state index is 0.229. The lowest BCUT2D eigenvalue weighted by molar-refractivity contribution is -0.0557. The van der Waals surface area contributed by atoms with Crippen molar-refractivity contribution in [3.63, 3.8) is 0 Å². The van der Waals surface area contributed by atoms with E-state index in [0.717, 1.165) is 12.8 Å². The molecule has 0 spiro atoms.